The van der Waals surface area contributed by atoms with E-state index in [1.807, 2.05) is 0 Å². The van der Waals surface area contributed by atoms with Gasteiger partial charge in [0.05, 0.1) is 11.6 Å². The molecule has 34 heavy (non-hydrogen) atoms. The maximum atomic E-state index is 12.2. The van der Waals surface area contributed by atoms with Gasteiger partial charge in [-0.1, -0.05) is 5.16 Å². The second-order valence-corrected chi connectivity index (χ2v) is 7.57. The molecule has 0 bridgehead atoms. The fourth-order valence-corrected chi connectivity index (χ4v) is 3.43. The summed E-state index contributed by atoms with van der Waals surface area (Å²) < 4.78 is 26.3. The van der Waals surface area contributed by atoms with E-state index in [9.17, 15) is 28.8 Å². The third-order valence-electron chi connectivity index (χ3n) is 4.56. The Morgan fingerprint density at radius 2 is 1.26 bits per heavy atom. The number of rotatable bonds is 11. The Morgan fingerprint density at radius 1 is 0.765 bits per heavy atom. The number of ketones is 1. The van der Waals surface area contributed by atoms with Gasteiger partial charge in [-0.25, -0.2) is 0 Å². The molecule has 0 aromatic rings. The van der Waals surface area contributed by atoms with Crippen molar-refractivity contribution in [1.82, 2.24) is 0 Å². The van der Waals surface area contributed by atoms with Crippen LogP contribution in [0.1, 0.15) is 48.5 Å². The lowest BCUT2D eigenvalue weighted by Gasteiger charge is -2.37. The Bertz CT molecular complexity index is 851. The molecule has 1 heterocycles. The van der Waals surface area contributed by atoms with Crippen molar-refractivity contribution in [3.8, 4) is 0 Å². The van der Waals surface area contributed by atoms with Crippen LogP contribution in [0.25, 0.3) is 0 Å². The van der Waals surface area contributed by atoms with Gasteiger partial charge in [-0.3, -0.25) is 28.8 Å². The number of carbonyl (C=O) groups excluding carboxylic acids is 6. The maximum absolute atomic E-state index is 12.2. The van der Waals surface area contributed by atoms with E-state index in [4.69, 9.17) is 28.5 Å². The van der Waals surface area contributed by atoms with Gasteiger partial charge in [-0.05, 0) is 13.8 Å². The van der Waals surface area contributed by atoms with E-state index in [2.05, 4.69) is 5.16 Å². The van der Waals surface area contributed by atoms with Crippen LogP contribution in [0.15, 0.2) is 5.16 Å². The summed E-state index contributed by atoms with van der Waals surface area (Å²) in [7, 11) is 0. The van der Waals surface area contributed by atoms with E-state index < -0.39 is 78.7 Å². The fourth-order valence-electron chi connectivity index (χ4n) is 3.43. The number of ether oxygens (including phenoxy) is 5. The summed E-state index contributed by atoms with van der Waals surface area (Å²) in [6, 6.07) is 0. The van der Waals surface area contributed by atoms with Crippen LogP contribution in [0.2, 0.25) is 0 Å². The SMILES string of the molecule is CC(=O)OC[C@@H](OC(C)=O)[C@H](OC(C)=O)[C@H](OC(C)=O)[C@@H](OC(C)=O)[C@H]1C(C)=NO[C@@H]1C(C)=O. The van der Waals surface area contributed by atoms with Gasteiger partial charge < -0.3 is 28.5 Å². The lowest BCUT2D eigenvalue weighted by Crippen LogP contribution is -2.57. The largest absolute Gasteiger partial charge is 0.462 e. The number of hydrogen-bond acceptors (Lipinski definition) is 13. The summed E-state index contributed by atoms with van der Waals surface area (Å²) in [5, 5.41) is 3.78. The molecule has 0 amide bonds. The molecule has 0 aromatic heterocycles. The van der Waals surface area contributed by atoms with E-state index in [0.717, 1.165) is 34.6 Å². The van der Waals surface area contributed by atoms with E-state index in [1.165, 1.54) is 13.8 Å². The molecule has 0 unspecified atom stereocenters. The fraction of sp³-hybridized carbons (Fsp3) is 0.667. The topological polar surface area (TPSA) is 170 Å². The summed E-state index contributed by atoms with van der Waals surface area (Å²) in [6.07, 6.45) is -7.38. The number of esters is 5. The molecule has 0 fully saturated rings. The van der Waals surface area contributed by atoms with Gasteiger partial charge in [0.25, 0.3) is 0 Å². The molecule has 0 saturated carbocycles. The first-order chi connectivity index (χ1) is 15.7. The summed E-state index contributed by atoms with van der Waals surface area (Å²) in [4.78, 5) is 76.5. The van der Waals surface area contributed by atoms with Crippen molar-refractivity contribution in [1.29, 1.82) is 0 Å². The molecule has 1 rings (SSSR count). The van der Waals surface area contributed by atoms with E-state index in [1.54, 1.807) is 0 Å². The first kappa shape index (κ1) is 28.5. The Morgan fingerprint density at radius 3 is 1.71 bits per heavy atom. The molecule has 0 aliphatic carbocycles. The molecular weight excluding hydrogens is 458 g/mol. The predicted molar refractivity (Wildman–Crippen MR) is 111 cm³/mol. The molecule has 0 saturated heterocycles. The molecule has 0 aromatic carbocycles. The van der Waals surface area contributed by atoms with Gasteiger partial charge in [-0.15, -0.1) is 0 Å². The first-order valence-corrected chi connectivity index (χ1v) is 10.3. The van der Waals surface area contributed by atoms with Crippen LogP contribution < -0.4 is 0 Å². The average molecular weight is 487 g/mol. The van der Waals surface area contributed by atoms with Crippen molar-refractivity contribution in [2.24, 2.45) is 11.1 Å². The highest BCUT2D eigenvalue weighted by atomic mass is 16.7. The summed E-state index contributed by atoms with van der Waals surface area (Å²) >= 11 is 0. The van der Waals surface area contributed by atoms with Crippen molar-refractivity contribution in [3.05, 3.63) is 0 Å². The smallest absolute Gasteiger partial charge is 0.303 e. The van der Waals surface area contributed by atoms with Crippen molar-refractivity contribution in [2.75, 3.05) is 6.61 Å². The average Bonchev–Trinajstić information content (AvgIpc) is 3.06. The highest BCUT2D eigenvalue weighted by Crippen LogP contribution is 2.31. The minimum atomic E-state index is -1.62. The molecule has 0 N–H and O–H groups in total. The van der Waals surface area contributed by atoms with Crippen LogP contribution in [0.5, 0.6) is 0 Å². The van der Waals surface area contributed by atoms with Crippen LogP contribution in [-0.4, -0.2) is 78.5 Å². The highest BCUT2D eigenvalue weighted by molar-refractivity contribution is 5.94. The third-order valence-corrected chi connectivity index (χ3v) is 4.56. The number of carbonyl (C=O) groups is 6. The highest BCUT2D eigenvalue weighted by Gasteiger charge is 2.52. The Labute approximate surface area is 196 Å². The van der Waals surface area contributed by atoms with Gasteiger partial charge in [0, 0.05) is 34.6 Å². The normalized spacial score (nSPS) is 20.4. The number of oxime groups is 1. The first-order valence-electron chi connectivity index (χ1n) is 10.3. The zero-order valence-corrected chi connectivity index (χ0v) is 20.0. The molecule has 0 radical (unpaired) electrons. The molecule has 0 spiro atoms. The van der Waals surface area contributed by atoms with Gasteiger partial charge >= 0.3 is 29.8 Å². The summed E-state index contributed by atoms with van der Waals surface area (Å²) in [5.41, 5.74) is 0.231. The van der Waals surface area contributed by atoms with E-state index in [0.29, 0.717) is 0 Å². The lowest BCUT2D eigenvalue weighted by molar-refractivity contribution is -0.206. The van der Waals surface area contributed by atoms with Crippen LogP contribution in [-0.2, 0) is 57.3 Å². The summed E-state index contributed by atoms with van der Waals surface area (Å²) in [5.74, 6) is -5.65. The van der Waals surface area contributed by atoms with Crippen LogP contribution in [0.3, 0.4) is 0 Å². The van der Waals surface area contributed by atoms with Crippen molar-refractivity contribution >= 4 is 41.3 Å². The van der Waals surface area contributed by atoms with Crippen LogP contribution in [0.4, 0.5) is 0 Å². The molecule has 1 aliphatic rings. The van der Waals surface area contributed by atoms with Crippen LogP contribution in [0, 0.1) is 5.92 Å². The van der Waals surface area contributed by atoms with Gasteiger partial charge in [0.2, 0.25) is 0 Å². The molecule has 13 heteroatoms. The van der Waals surface area contributed by atoms with E-state index in [-0.39, 0.29) is 5.71 Å². The molecule has 13 nitrogen and oxygen atoms in total. The second-order valence-electron chi connectivity index (χ2n) is 7.57. The van der Waals surface area contributed by atoms with Gasteiger partial charge in [0.1, 0.15) is 6.61 Å². The molecule has 1 aliphatic heterocycles. The zero-order chi connectivity index (χ0) is 26.2. The van der Waals surface area contributed by atoms with Crippen molar-refractivity contribution < 1.29 is 57.3 Å². The Hall–Kier alpha value is -3.51. The minimum absolute atomic E-state index is 0.231. The predicted octanol–water partition coefficient (Wildman–Crippen LogP) is 0.256. The standard InChI is InChI=1S/C21H29NO12/c1-9-17(18(10(2)23)34-22-9)20(32-14(6)27)21(33-15(7)28)19(31-13(5)26)16(30-12(4)25)8-29-11(3)24/h16-21H,8H2,1-7H3/t16-,17+,18-,19+,20+,21+/m1/s1. The zero-order valence-electron chi connectivity index (χ0n) is 20.0. The van der Waals surface area contributed by atoms with Gasteiger partial charge in [-0.2, -0.15) is 0 Å². The van der Waals surface area contributed by atoms with E-state index >= 15 is 0 Å². The molecule has 6 atom stereocenters. The Kier molecular flexibility index (Phi) is 10.6. The van der Waals surface area contributed by atoms with Crippen LogP contribution >= 0.6 is 0 Å². The van der Waals surface area contributed by atoms with Crippen molar-refractivity contribution in [2.45, 2.75) is 79.0 Å². The van der Waals surface area contributed by atoms with Gasteiger partial charge in [0.15, 0.2) is 36.3 Å². The third kappa shape index (κ3) is 8.45. The molecular formula is C21H29NO12. The molecule has 190 valence electrons. The Balaban J connectivity index is 3.66. The van der Waals surface area contributed by atoms with Crippen molar-refractivity contribution in [3.63, 3.8) is 0 Å². The number of hydrogen-bond donors (Lipinski definition) is 0. The maximum Gasteiger partial charge on any atom is 0.303 e. The second kappa shape index (κ2) is 12.7. The number of nitrogens with zero attached hydrogens (tertiary/aromatic N) is 1. The summed E-state index contributed by atoms with van der Waals surface area (Å²) in [6.45, 7) is 7.46. The quantitative estimate of drug-likeness (QED) is 0.288. The monoisotopic (exact) mass is 487 g/mol. The number of Topliss-reactive ketones (excluding diaryl/α,β-unsaturated/α-hetero) is 1. The lowest BCUT2D eigenvalue weighted by atomic mass is 9.84. The minimum Gasteiger partial charge on any atom is -0.462 e.